The van der Waals surface area contributed by atoms with Crippen molar-refractivity contribution in [2.75, 3.05) is 7.05 Å². The number of carbonyl (C=O) groups is 1. The van der Waals surface area contributed by atoms with Crippen molar-refractivity contribution in [3.63, 3.8) is 0 Å². The average molecular weight is 328 g/mol. The van der Waals surface area contributed by atoms with Gasteiger partial charge in [0.1, 0.15) is 5.76 Å². The van der Waals surface area contributed by atoms with Crippen molar-refractivity contribution in [3.05, 3.63) is 59.0 Å². The molecule has 4 N–H and O–H groups in total. The molecule has 6 nitrogen and oxygen atoms in total. The zero-order chi connectivity index (χ0) is 17.5. The number of nitrogens with two attached hydrogens (primary N) is 1. The van der Waals surface area contributed by atoms with Crippen LogP contribution in [0, 0.1) is 0 Å². The fourth-order valence-electron chi connectivity index (χ4n) is 2.30. The summed E-state index contributed by atoms with van der Waals surface area (Å²) < 4.78 is 5.34. The molecule has 0 saturated heterocycles. The number of aryl methyl sites for hydroxylation is 1. The van der Waals surface area contributed by atoms with Gasteiger partial charge in [0.05, 0.1) is 12.6 Å². The lowest BCUT2D eigenvalue weighted by Crippen LogP contribution is -2.38. The number of rotatable bonds is 6. The molecular weight excluding hydrogens is 304 g/mol. The number of aliphatic imine (C=N–C) groups is 1. The van der Waals surface area contributed by atoms with E-state index >= 15 is 0 Å². The van der Waals surface area contributed by atoms with E-state index in [2.05, 4.69) is 53.7 Å². The first-order valence-corrected chi connectivity index (χ1v) is 7.98. The van der Waals surface area contributed by atoms with E-state index in [0.717, 1.165) is 6.42 Å². The molecule has 1 aromatic heterocycles. The van der Waals surface area contributed by atoms with Gasteiger partial charge in [0, 0.05) is 7.05 Å². The molecule has 6 heteroatoms. The van der Waals surface area contributed by atoms with Crippen molar-refractivity contribution in [3.8, 4) is 0 Å². The van der Waals surface area contributed by atoms with Gasteiger partial charge < -0.3 is 20.8 Å². The van der Waals surface area contributed by atoms with Crippen LogP contribution in [0.3, 0.4) is 0 Å². The predicted octanol–water partition coefficient (Wildman–Crippen LogP) is 2.37. The second kappa shape index (κ2) is 8.19. The van der Waals surface area contributed by atoms with Gasteiger partial charge >= 0.3 is 0 Å². The van der Waals surface area contributed by atoms with Gasteiger partial charge in [-0.3, -0.25) is 9.79 Å². The van der Waals surface area contributed by atoms with E-state index in [9.17, 15) is 4.79 Å². The Morgan fingerprint density at radius 3 is 2.50 bits per heavy atom. The van der Waals surface area contributed by atoms with Gasteiger partial charge in [-0.1, -0.05) is 31.2 Å². The normalized spacial score (nSPS) is 12.7. The van der Waals surface area contributed by atoms with Gasteiger partial charge in [-0.05, 0) is 36.6 Å². The first-order chi connectivity index (χ1) is 11.5. The third-order valence-corrected chi connectivity index (χ3v) is 3.80. The number of carbonyl (C=O) groups excluding carboxylic acids is 1. The van der Waals surface area contributed by atoms with Crippen molar-refractivity contribution < 1.29 is 9.21 Å². The van der Waals surface area contributed by atoms with Gasteiger partial charge in [-0.25, -0.2) is 0 Å². The number of amides is 1. The third-order valence-electron chi connectivity index (χ3n) is 3.80. The van der Waals surface area contributed by atoms with Crippen LogP contribution >= 0.6 is 0 Å². The molecule has 0 bridgehead atoms. The molecule has 128 valence electrons. The molecule has 1 aromatic carbocycles. The van der Waals surface area contributed by atoms with Crippen molar-refractivity contribution >= 4 is 11.9 Å². The Balaban J connectivity index is 1.92. The van der Waals surface area contributed by atoms with E-state index in [1.54, 1.807) is 19.2 Å². The predicted molar refractivity (Wildman–Crippen MR) is 94.8 cm³/mol. The summed E-state index contributed by atoms with van der Waals surface area (Å²) in [6.07, 6.45) is 1.03. The molecule has 0 radical (unpaired) electrons. The quantitative estimate of drug-likeness (QED) is 0.560. The van der Waals surface area contributed by atoms with Crippen LogP contribution in [-0.2, 0) is 13.0 Å². The van der Waals surface area contributed by atoms with Gasteiger partial charge in [0.25, 0.3) is 5.91 Å². The minimum Gasteiger partial charge on any atom is -0.454 e. The maximum Gasteiger partial charge on any atom is 0.284 e. The summed E-state index contributed by atoms with van der Waals surface area (Å²) in [7, 11) is 1.71. The molecule has 2 aromatic rings. The summed E-state index contributed by atoms with van der Waals surface area (Å²) in [5.41, 5.74) is 7.67. The highest BCUT2D eigenvalue weighted by molar-refractivity contribution is 5.89. The zero-order valence-electron chi connectivity index (χ0n) is 14.3. The second-order valence-electron chi connectivity index (χ2n) is 5.52. The summed E-state index contributed by atoms with van der Waals surface area (Å²) in [5.74, 6) is 0.845. The first kappa shape index (κ1) is 17.6. The van der Waals surface area contributed by atoms with Gasteiger partial charge in [0.2, 0.25) is 0 Å². The van der Waals surface area contributed by atoms with E-state index in [4.69, 9.17) is 10.2 Å². The summed E-state index contributed by atoms with van der Waals surface area (Å²) in [5, 5.41) is 6.48. The molecule has 1 heterocycles. The van der Waals surface area contributed by atoms with E-state index in [1.165, 1.54) is 11.1 Å². The molecule has 0 aliphatic heterocycles. The Morgan fingerprint density at radius 1 is 1.25 bits per heavy atom. The van der Waals surface area contributed by atoms with E-state index < -0.39 is 5.91 Å². The third kappa shape index (κ3) is 4.62. The number of hydrogen-bond donors (Lipinski definition) is 3. The van der Waals surface area contributed by atoms with E-state index in [-0.39, 0.29) is 11.8 Å². The highest BCUT2D eigenvalue weighted by Gasteiger charge is 2.10. The Bertz CT molecular complexity index is 704. The molecule has 0 saturated carbocycles. The Morgan fingerprint density at radius 2 is 1.96 bits per heavy atom. The van der Waals surface area contributed by atoms with Gasteiger partial charge in [-0.2, -0.15) is 0 Å². The van der Waals surface area contributed by atoms with Gasteiger partial charge in [0.15, 0.2) is 11.7 Å². The Labute approximate surface area is 142 Å². The largest absolute Gasteiger partial charge is 0.454 e. The smallest absolute Gasteiger partial charge is 0.284 e. The standard InChI is InChI=1S/C18H24N4O2/c1-4-13-5-7-14(8-6-13)12(2)22-18(20-3)21-11-15-9-10-16(24-15)17(19)23/h5-10,12H,4,11H2,1-3H3,(H2,19,23)(H2,20,21,22). The minimum absolute atomic E-state index is 0.111. The number of primary amides is 1. The maximum absolute atomic E-state index is 11.0. The number of hydrogen-bond acceptors (Lipinski definition) is 3. The zero-order valence-corrected chi connectivity index (χ0v) is 14.3. The molecule has 2 rings (SSSR count). The molecule has 1 unspecified atom stereocenters. The lowest BCUT2D eigenvalue weighted by Gasteiger charge is -2.18. The highest BCUT2D eigenvalue weighted by Crippen LogP contribution is 2.13. The maximum atomic E-state index is 11.0. The number of benzene rings is 1. The van der Waals surface area contributed by atoms with E-state index in [1.807, 2.05) is 0 Å². The first-order valence-electron chi connectivity index (χ1n) is 7.98. The number of nitrogens with one attached hydrogen (secondary N) is 2. The summed E-state index contributed by atoms with van der Waals surface area (Å²) in [6, 6.07) is 11.9. The van der Waals surface area contributed by atoms with Crippen LogP contribution < -0.4 is 16.4 Å². The molecular formula is C18H24N4O2. The lowest BCUT2D eigenvalue weighted by molar-refractivity contribution is 0.0972. The number of nitrogens with zero attached hydrogens (tertiary/aromatic N) is 1. The fraction of sp³-hybridized carbons (Fsp3) is 0.333. The molecule has 24 heavy (non-hydrogen) atoms. The molecule has 1 atom stereocenters. The summed E-state index contributed by atoms with van der Waals surface area (Å²) >= 11 is 0. The average Bonchev–Trinajstić information content (AvgIpc) is 3.07. The monoisotopic (exact) mass is 328 g/mol. The lowest BCUT2D eigenvalue weighted by atomic mass is 10.1. The van der Waals surface area contributed by atoms with Crippen LogP contribution in [0.5, 0.6) is 0 Å². The van der Waals surface area contributed by atoms with Crippen LogP contribution in [0.4, 0.5) is 0 Å². The Hall–Kier alpha value is -2.76. The van der Waals surface area contributed by atoms with Crippen molar-refractivity contribution in [1.29, 1.82) is 0 Å². The SMILES string of the molecule is CCc1ccc(C(C)NC(=NC)NCc2ccc(C(N)=O)o2)cc1. The fourth-order valence-corrected chi connectivity index (χ4v) is 2.30. The minimum atomic E-state index is -0.576. The Kier molecular flexibility index (Phi) is 6.01. The van der Waals surface area contributed by atoms with Crippen molar-refractivity contribution in [2.45, 2.75) is 32.9 Å². The van der Waals surface area contributed by atoms with Crippen LogP contribution in [0.1, 0.15) is 47.3 Å². The molecule has 1 amide bonds. The second-order valence-corrected chi connectivity index (χ2v) is 5.52. The van der Waals surface area contributed by atoms with Crippen LogP contribution in [0.2, 0.25) is 0 Å². The molecule has 0 fully saturated rings. The highest BCUT2D eigenvalue weighted by atomic mass is 16.3. The molecule has 0 spiro atoms. The van der Waals surface area contributed by atoms with E-state index in [0.29, 0.717) is 18.3 Å². The number of furan rings is 1. The van der Waals surface area contributed by atoms with Crippen molar-refractivity contribution in [2.24, 2.45) is 10.7 Å². The topological polar surface area (TPSA) is 92.6 Å². The summed E-state index contributed by atoms with van der Waals surface area (Å²) in [6.45, 7) is 4.63. The van der Waals surface area contributed by atoms with Crippen LogP contribution in [-0.4, -0.2) is 18.9 Å². The van der Waals surface area contributed by atoms with Crippen LogP contribution in [0.15, 0.2) is 45.8 Å². The molecule has 0 aliphatic rings. The van der Waals surface area contributed by atoms with Crippen molar-refractivity contribution in [1.82, 2.24) is 10.6 Å². The molecule has 0 aliphatic carbocycles. The van der Waals surface area contributed by atoms with Crippen LogP contribution in [0.25, 0.3) is 0 Å². The number of guanidine groups is 1. The van der Waals surface area contributed by atoms with Gasteiger partial charge in [-0.15, -0.1) is 0 Å². The summed E-state index contributed by atoms with van der Waals surface area (Å²) in [4.78, 5) is 15.2.